The highest BCUT2D eigenvalue weighted by atomic mass is 19.4. The minimum Gasteiger partial charge on any atom is -0.444 e. The van der Waals surface area contributed by atoms with Crippen LogP contribution in [0, 0.1) is 5.92 Å². The molecule has 284 valence electrons. The summed E-state index contributed by atoms with van der Waals surface area (Å²) in [6, 6.07) is 9.69. The third kappa shape index (κ3) is 9.76. The molecule has 2 atom stereocenters. The van der Waals surface area contributed by atoms with Crippen LogP contribution in [0.25, 0.3) is 10.9 Å². The van der Waals surface area contributed by atoms with Gasteiger partial charge in [0.2, 0.25) is 17.7 Å². The van der Waals surface area contributed by atoms with Crippen molar-refractivity contribution in [3.05, 3.63) is 83.9 Å². The number of hydrogen-bond donors (Lipinski definition) is 4. The number of nitrogens with one attached hydrogen (secondary N) is 4. The summed E-state index contributed by atoms with van der Waals surface area (Å²) in [6.45, 7) is 11.2. The van der Waals surface area contributed by atoms with Crippen molar-refractivity contribution in [3.63, 3.8) is 0 Å². The summed E-state index contributed by atoms with van der Waals surface area (Å²) < 4.78 is 47.0. The van der Waals surface area contributed by atoms with Crippen molar-refractivity contribution in [2.24, 2.45) is 5.92 Å². The lowest BCUT2D eigenvalue weighted by molar-refractivity contribution is -0.137. The summed E-state index contributed by atoms with van der Waals surface area (Å²) in [5.74, 6) is -1.11. The molecule has 0 bridgehead atoms. The number of hydrogen-bond acceptors (Lipinski definition) is 6. The lowest BCUT2D eigenvalue weighted by Crippen LogP contribution is -2.59. The average molecular weight is 738 g/mol. The number of imidazole rings is 1. The second-order valence-corrected chi connectivity index (χ2v) is 15.1. The number of benzene rings is 2. The van der Waals surface area contributed by atoms with Crippen LogP contribution in [0.3, 0.4) is 0 Å². The molecular formula is C38H46F3N7O5. The van der Waals surface area contributed by atoms with Gasteiger partial charge < -0.3 is 35.1 Å². The quantitative estimate of drug-likeness (QED) is 0.152. The molecule has 1 unspecified atom stereocenters. The summed E-state index contributed by atoms with van der Waals surface area (Å²) in [5, 5.41) is 8.89. The van der Waals surface area contributed by atoms with Gasteiger partial charge in [0.25, 0.3) is 0 Å². The molecule has 12 nitrogen and oxygen atoms in total. The fourth-order valence-electron chi connectivity index (χ4n) is 6.14. The maximum absolute atomic E-state index is 14.0. The van der Waals surface area contributed by atoms with Gasteiger partial charge in [0.15, 0.2) is 5.82 Å². The third-order valence-electron chi connectivity index (χ3n) is 9.14. The molecule has 4 N–H and O–H groups in total. The maximum Gasteiger partial charge on any atom is 0.416 e. The Labute approximate surface area is 305 Å². The lowest BCUT2D eigenvalue weighted by atomic mass is 9.97. The number of alkyl carbamates (subject to hydrolysis) is 1. The fourth-order valence-corrected chi connectivity index (χ4v) is 6.14. The van der Waals surface area contributed by atoms with Gasteiger partial charge in [0.05, 0.1) is 11.9 Å². The number of carbonyl (C=O) groups is 4. The van der Waals surface area contributed by atoms with Crippen molar-refractivity contribution in [1.82, 2.24) is 30.1 Å². The number of halogens is 3. The first kappa shape index (κ1) is 38.9. The first-order valence-electron chi connectivity index (χ1n) is 17.5. The second kappa shape index (κ2) is 15.3. The van der Waals surface area contributed by atoms with Crippen LogP contribution in [0.15, 0.2) is 67.3 Å². The monoisotopic (exact) mass is 737 g/mol. The maximum atomic E-state index is 14.0. The second-order valence-electron chi connectivity index (χ2n) is 15.1. The van der Waals surface area contributed by atoms with Crippen LogP contribution >= 0.6 is 0 Å². The van der Waals surface area contributed by atoms with Crippen LogP contribution in [0.5, 0.6) is 0 Å². The van der Waals surface area contributed by atoms with E-state index >= 15 is 0 Å². The summed E-state index contributed by atoms with van der Waals surface area (Å²) in [4.78, 5) is 63.2. The summed E-state index contributed by atoms with van der Waals surface area (Å²) >= 11 is 0. The minimum absolute atomic E-state index is 0.0521. The highest BCUT2D eigenvalue weighted by molar-refractivity contribution is 5.99. The number of piperidine rings is 1. The highest BCUT2D eigenvalue weighted by Gasteiger charge is 2.36. The zero-order valence-corrected chi connectivity index (χ0v) is 30.6. The Morgan fingerprint density at radius 1 is 0.981 bits per heavy atom. The van der Waals surface area contributed by atoms with E-state index in [1.165, 1.54) is 43.1 Å². The molecule has 4 aromatic rings. The van der Waals surface area contributed by atoms with E-state index in [0.717, 1.165) is 41.4 Å². The zero-order chi connectivity index (χ0) is 38.7. The number of H-pyrrole nitrogens is 1. The molecule has 1 fully saturated rings. The van der Waals surface area contributed by atoms with E-state index in [1.54, 1.807) is 31.9 Å². The SMILES string of the molecule is CC1CCN(C(=O)C(c2ccc(C(F)(F)F)cc2)n2cnc(NC(=O)[C@@H](Cc3c[nH]c4ccccc34)NC(=O)C(C)(C)NC(=O)OC(C)(C)C)c2)CC1. The Bertz CT molecular complexity index is 1940. The molecule has 0 radical (unpaired) electrons. The number of para-hydroxylation sites is 1. The Morgan fingerprint density at radius 2 is 1.64 bits per heavy atom. The molecule has 4 amide bonds. The normalized spacial score (nSPS) is 15.5. The van der Waals surface area contributed by atoms with Gasteiger partial charge >= 0.3 is 12.3 Å². The number of anilines is 1. The Balaban J connectivity index is 1.41. The van der Waals surface area contributed by atoms with E-state index < -0.39 is 52.9 Å². The fraction of sp³-hybridized carbons (Fsp3) is 0.447. The number of aromatic nitrogens is 3. The molecule has 5 rings (SSSR count). The number of amides is 4. The number of ether oxygens (including phenoxy) is 1. The van der Waals surface area contributed by atoms with Crippen LogP contribution in [-0.4, -0.2) is 73.5 Å². The molecule has 2 aromatic heterocycles. The number of aromatic amines is 1. The van der Waals surface area contributed by atoms with Gasteiger partial charge in [-0.05, 0) is 82.7 Å². The zero-order valence-electron chi connectivity index (χ0n) is 30.6. The molecule has 3 heterocycles. The smallest absolute Gasteiger partial charge is 0.416 e. The van der Waals surface area contributed by atoms with Crippen LogP contribution in [-0.2, 0) is 31.7 Å². The molecule has 53 heavy (non-hydrogen) atoms. The van der Waals surface area contributed by atoms with Crippen LogP contribution in [0.4, 0.5) is 23.8 Å². The predicted molar refractivity (Wildman–Crippen MR) is 193 cm³/mol. The van der Waals surface area contributed by atoms with Gasteiger partial charge in [0, 0.05) is 42.8 Å². The number of rotatable bonds is 10. The molecule has 1 saturated heterocycles. The van der Waals surface area contributed by atoms with E-state index in [4.69, 9.17) is 4.74 Å². The van der Waals surface area contributed by atoms with Crippen molar-refractivity contribution >= 4 is 40.5 Å². The Morgan fingerprint density at radius 3 is 2.28 bits per heavy atom. The highest BCUT2D eigenvalue weighted by Crippen LogP contribution is 2.32. The van der Waals surface area contributed by atoms with Gasteiger partial charge in [-0.25, -0.2) is 9.78 Å². The van der Waals surface area contributed by atoms with Crippen molar-refractivity contribution in [2.45, 2.75) is 90.2 Å². The first-order valence-corrected chi connectivity index (χ1v) is 17.5. The number of carbonyl (C=O) groups excluding carboxylic acids is 4. The van der Waals surface area contributed by atoms with Crippen LogP contribution in [0.2, 0.25) is 0 Å². The van der Waals surface area contributed by atoms with E-state index in [-0.39, 0.29) is 18.1 Å². The van der Waals surface area contributed by atoms with Crippen molar-refractivity contribution in [2.75, 3.05) is 18.4 Å². The molecule has 2 aromatic carbocycles. The Kier molecular flexibility index (Phi) is 11.2. The van der Waals surface area contributed by atoms with E-state index in [1.807, 2.05) is 24.3 Å². The predicted octanol–water partition coefficient (Wildman–Crippen LogP) is 6.20. The van der Waals surface area contributed by atoms with Gasteiger partial charge in [-0.2, -0.15) is 13.2 Å². The topological polar surface area (TPSA) is 150 Å². The third-order valence-corrected chi connectivity index (χ3v) is 9.14. The summed E-state index contributed by atoms with van der Waals surface area (Å²) in [6.07, 6.45) is 0.814. The molecule has 15 heteroatoms. The number of nitrogens with zero attached hydrogens (tertiary/aromatic N) is 3. The van der Waals surface area contributed by atoms with Gasteiger partial charge in [-0.3, -0.25) is 14.4 Å². The lowest BCUT2D eigenvalue weighted by Gasteiger charge is -2.33. The van der Waals surface area contributed by atoms with Crippen molar-refractivity contribution in [1.29, 1.82) is 0 Å². The van der Waals surface area contributed by atoms with Crippen LogP contribution in [0.1, 0.15) is 77.1 Å². The molecule has 0 spiro atoms. The van der Waals surface area contributed by atoms with E-state index in [9.17, 15) is 32.3 Å². The standard InChI is InChI=1S/C38H46F3N7O5/c1-23-15-17-47(18-16-23)33(50)31(24-11-13-26(14-12-24)38(39,40)41)48-21-30(43-22-48)45-32(49)29(19-25-20-42-28-10-8-7-9-27(25)28)44-34(51)37(5,6)46-35(52)53-36(2,3)4/h7-14,20-23,29,31,42H,15-19H2,1-6H3,(H,44,51)(H,45,49)(H,46,52)/t29-,31?/m1/s1. The van der Waals surface area contributed by atoms with Crippen molar-refractivity contribution in [3.8, 4) is 0 Å². The molecule has 0 aliphatic carbocycles. The summed E-state index contributed by atoms with van der Waals surface area (Å²) in [5.41, 5.74) is -1.23. The number of likely N-dealkylation sites (tertiary alicyclic amines) is 1. The Hall–Kier alpha value is -5.34. The van der Waals surface area contributed by atoms with Gasteiger partial charge in [-0.15, -0.1) is 0 Å². The molecule has 1 aliphatic heterocycles. The van der Waals surface area contributed by atoms with Gasteiger partial charge in [0.1, 0.15) is 23.2 Å². The average Bonchev–Trinajstić information content (AvgIpc) is 3.70. The van der Waals surface area contributed by atoms with E-state index in [2.05, 4.69) is 32.8 Å². The number of alkyl halides is 3. The molecule has 1 aliphatic rings. The summed E-state index contributed by atoms with van der Waals surface area (Å²) in [7, 11) is 0. The first-order chi connectivity index (χ1) is 24.8. The molecule has 0 saturated carbocycles. The molecular weight excluding hydrogens is 691 g/mol. The number of fused-ring (bicyclic) bond motifs is 1. The van der Waals surface area contributed by atoms with Crippen LogP contribution < -0.4 is 16.0 Å². The van der Waals surface area contributed by atoms with Crippen molar-refractivity contribution < 1.29 is 37.1 Å². The van der Waals surface area contributed by atoms with E-state index in [0.29, 0.717) is 24.6 Å². The van der Waals surface area contributed by atoms with Gasteiger partial charge in [-0.1, -0.05) is 37.3 Å². The largest absolute Gasteiger partial charge is 0.444 e. The minimum atomic E-state index is -4.55.